The number of nitrogens with zero attached hydrogens (tertiary/aromatic N) is 1. The Morgan fingerprint density at radius 1 is 1.50 bits per heavy atom. The monoisotopic (exact) mass is 191 g/mol. The fourth-order valence-electron chi connectivity index (χ4n) is 1.97. The highest BCUT2D eigenvalue weighted by Gasteiger charge is 2.21. The van der Waals surface area contributed by atoms with E-state index in [-0.39, 0.29) is 0 Å². The molecular formula is C11H17N3. The van der Waals surface area contributed by atoms with Crippen LogP contribution in [-0.2, 0) is 0 Å². The number of nitrogens with one attached hydrogen (secondary N) is 1. The number of aryl methyl sites for hydroxylation is 1. The van der Waals surface area contributed by atoms with Crippen molar-refractivity contribution in [1.29, 1.82) is 0 Å². The molecule has 14 heavy (non-hydrogen) atoms. The van der Waals surface area contributed by atoms with E-state index in [2.05, 4.69) is 23.3 Å². The van der Waals surface area contributed by atoms with Crippen LogP contribution in [0, 0.1) is 6.92 Å². The van der Waals surface area contributed by atoms with E-state index in [1.165, 1.54) is 5.56 Å². The molecular weight excluding hydrogens is 174 g/mol. The second-order valence-electron chi connectivity index (χ2n) is 4.13. The number of hydrogen-bond acceptors (Lipinski definition) is 3. The first-order valence-corrected chi connectivity index (χ1v) is 5.19. The lowest BCUT2D eigenvalue weighted by Gasteiger charge is -2.12. The summed E-state index contributed by atoms with van der Waals surface area (Å²) in [6.07, 6.45) is 5.20. The van der Waals surface area contributed by atoms with E-state index in [0.717, 1.165) is 25.1 Å². The van der Waals surface area contributed by atoms with Crippen molar-refractivity contribution in [1.82, 2.24) is 4.98 Å². The van der Waals surface area contributed by atoms with Gasteiger partial charge in [0.1, 0.15) is 5.82 Å². The van der Waals surface area contributed by atoms with Gasteiger partial charge in [0, 0.05) is 18.3 Å². The summed E-state index contributed by atoms with van der Waals surface area (Å²) in [5, 5.41) is 3.42. The fourth-order valence-corrected chi connectivity index (χ4v) is 1.97. The molecule has 0 radical (unpaired) electrons. The maximum absolute atomic E-state index is 5.85. The topological polar surface area (TPSA) is 50.9 Å². The summed E-state index contributed by atoms with van der Waals surface area (Å²) in [5.74, 6) is 0.976. The predicted molar refractivity (Wildman–Crippen MR) is 58.2 cm³/mol. The van der Waals surface area contributed by atoms with Crippen molar-refractivity contribution in [2.24, 2.45) is 5.73 Å². The van der Waals surface area contributed by atoms with E-state index in [9.17, 15) is 0 Å². The van der Waals surface area contributed by atoms with Gasteiger partial charge in [0.25, 0.3) is 0 Å². The molecule has 0 aliphatic heterocycles. The van der Waals surface area contributed by atoms with Gasteiger partial charge < -0.3 is 11.1 Å². The molecule has 0 bridgehead atoms. The zero-order valence-corrected chi connectivity index (χ0v) is 8.53. The standard InChI is InChI=1S/C11H17N3/c1-8-4-5-13-11(6-8)14-10-3-2-9(12)7-10/h4-6,9-10H,2-3,7,12H2,1H3,(H,13,14). The van der Waals surface area contributed by atoms with Gasteiger partial charge in [0.15, 0.2) is 0 Å². The van der Waals surface area contributed by atoms with Gasteiger partial charge in [-0.15, -0.1) is 0 Å². The summed E-state index contributed by atoms with van der Waals surface area (Å²) in [5.41, 5.74) is 7.09. The van der Waals surface area contributed by atoms with E-state index in [4.69, 9.17) is 5.73 Å². The predicted octanol–water partition coefficient (Wildman–Crippen LogP) is 1.68. The molecule has 3 nitrogen and oxygen atoms in total. The van der Waals surface area contributed by atoms with E-state index < -0.39 is 0 Å². The summed E-state index contributed by atoms with van der Waals surface area (Å²) >= 11 is 0. The molecule has 0 spiro atoms. The van der Waals surface area contributed by atoms with E-state index in [0.29, 0.717) is 12.1 Å². The number of anilines is 1. The zero-order valence-electron chi connectivity index (χ0n) is 8.53. The quantitative estimate of drug-likeness (QED) is 0.747. The van der Waals surface area contributed by atoms with Gasteiger partial charge in [0.2, 0.25) is 0 Å². The van der Waals surface area contributed by atoms with Crippen LogP contribution >= 0.6 is 0 Å². The van der Waals surface area contributed by atoms with Crippen LogP contribution in [0.1, 0.15) is 24.8 Å². The second kappa shape index (κ2) is 3.96. The number of pyridine rings is 1. The Hall–Kier alpha value is -1.09. The van der Waals surface area contributed by atoms with Crippen LogP contribution in [0.15, 0.2) is 18.3 Å². The molecule has 0 aromatic carbocycles. The van der Waals surface area contributed by atoms with E-state index >= 15 is 0 Å². The van der Waals surface area contributed by atoms with Crippen molar-refractivity contribution in [3.05, 3.63) is 23.9 Å². The van der Waals surface area contributed by atoms with Crippen molar-refractivity contribution >= 4 is 5.82 Å². The third-order valence-corrected chi connectivity index (χ3v) is 2.74. The van der Waals surface area contributed by atoms with Crippen LogP contribution in [0.3, 0.4) is 0 Å². The van der Waals surface area contributed by atoms with Crippen molar-refractivity contribution in [2.75, 3.05) is 5.32 Å². The van der Waals surface area contributed by atoms with Crippen molar-refractivity contribution in [2.45, 2.75) is 38.3 Å². The highest BCUT2D eigenvalue weighted by molar-refractivity contribution is 5.38. The minimum Gasteiger partial charge on any atom is -0.367 e. The van der Waals surface area contributed by atoms with Crippen molar-refractivity contribution < 1.29 is 0 Å². The van der Waals surface area contributed by atoms with Crippen LogP contribution in [0.5, 0.6) is 0 Å². The molecule has 1 aromatic rings. The lowest BCUT2D eigenvalue weighted by Crippen LogP contribution is -2.21. The lowest BCUT2D eigenvalue weighted by atomic mass is 10.2. The molecule has 1 fully saturated rings. The molecule has 3 N–H and O–H groups in total. The van der Waals surface area contributed by atoms with Gasteiger partial charge in [0.05, 0.1) is 0 Å². The summed E-state index contributed by atoms with van der Waals surface area (Å²) in [6, 6.07) is 4.96. The van der Waals surface area contributed by atoms with Crippen LogP contribution in [-0.4, -0.2) is 17.1 Å². The number of nitrogens with two attached hydrogens (primary N) is 1. The van der Waals surface area contributed by atoms with Crippen molar-refractivity contribution in [3.63, 3.8) is 0 Å². The molecule has 2 unspecified atom stereocenters. The smallest absolute Gasteiger partial charge is 0.126 e. The Labute approximate surface area is 84.7 Å². The third-order valence-electron chi connectivity index (χ3n) is 2.74. The summed E-state index contributed by atoms with van der Waals surface area (Å²) in [7, 11) is 0. The molecule has 2 atom stereocenters. The average molecular weight is 191 g/mol. The van der Waals surface area contributed by atoms with Gasteiger partial charge in [-0.25, -0.2) is 4.98 Å². The van der Waals surface area contributed by atoms with Crippen LogP contribution in [0.4, 0.5) is 5.82 Å². The molecule has 1 saturated carbocycles. The number of hydrogen-bond donors (Lipinski definition) is 2. The maximum atomic E-state index is 5.85. The molecule has 1 aliphatic carbocycles. The summed E-state index contributed by atoms with van der Waals surface area (Å²) < 4.78 is 0. The Morgan fingerprint density at radius 3 is 3.00 bits per heavy atom. The van der Waals surface area contributed by atoms with Gasteiger partial charge in [-0.05, 0) is 43.9 Å². The lowest BCUT2D eigenvalue weighted by molar-refractivity contribution is 0.686. The minimum atomic E-state index is 0.373. The van der Waals surface area contributed by atoms with Crippen LogP contribution < -0.4 is 11.1 Å². The van der Waals surface area contributed by atoms with Crippen molar-refractivity contribution in [3.8, 4) is 0 Å². The molecule has 2 rings (SSSR count). The highest BCUT2D eigenvalue weighted by Crippen LogP contribution is 2.20. The third kappa shape index (κ3) is 2.23. The molecule has 1 heterocycles. The minimum absolute atomic E-state index is 0.373. The van der Waals surface area contributed by atoms with Gasteiger partial charge in [-0.1, -0.05) is 0 Å². The van der Waals surface area contributed by atoms with Crippen LogP contribution in [0.2, 0.25) is 0 Å². The fraction of sp³-hybridized carbons (Fsp3) is 0.545. The first-order chi connectivity index (χ1) is 6.74. The first kappa shape index (κ1) is 9.46. The zero-order chi connectivity index (χ0) is 9.97. The normalized spacial score (nSPS) is 26.4. The number of rotatable bonds is 2. The molecule has 76 valence electrons. The van der Waals surface area contributed by atoms with Gasteiger partial charge in [-0.3, -0.25) is 0 Å². The number of aromatic nitrogens is 1. The molecule has 3 heteroatoms. The van der Waals surface area contributed by atoms with Crippen LogP contribution in [0.25, 0.3) is 0 Å². The second-order valence-corrected chi connectivity index (χ2v) is 4.13. The summed E-state index contributed by atoms with van der Waals surface area (Å²) in [4.78, 5) is 4.28. The van der Waals surface area contributed by atoms with Gasteiger partial charge >= 0.3 is 0 Å². The highest BCUT2D eigenvalue weighted by atomic mass is 15.0. The Kier molecular flexibility index (Phi) is 2.68. The molecule has 1 aliphatic rings. The first-order valence-electron chi connectivity index (χ1n) is 5.19. The molecule has 1 aromatic heterocycles. The van der Waals surface area contributed by atoms with E-state index in [1.807, 2.05) is 12.3 Å². The SMILES string of the molecule is Cc1ccnc(NC2CCC(N)C2)c1. The Balaban J connectivity index is 1.97. The van der Waals surface area contributed by atoms with Gasteiger partial charge in [-0.2, -0.15) is 0 Å². The summed E-state index contributed by atoms with van der Waals surface area (Å²) in [6.45, 7) is 2.08. The Morgan fingerprint density at radius 2 is 2.36 bits per heavy atom. The molecule has 0 amide bonds. The Bertz CT molecular complexity index is 311. The average Bonchev–Trinajstić information content (AvgIpc) is 2.51. The maximum Gasteiger partial charge on any atom is 0.126 e. The largest absolute Gasteiger partial charge is 0.367 e. The molecule has 0 saturated heterocycles. The van der Waals surface area contributed by atoms with E-state index in [1.54, 1.807) is 0 Å².